The van der Waals surface area contributed by atoms with Crippen molar-refractivity contribution >= 4 is 13.6 Å². The maximum atomic E-state index is 12.9. The molecule has 3 N–H and O–H groups in total. The predicted octanol–water partition coefficient (Wildman–Crippen LogP) is 6.74. The van der Waals surface area contributed by atoms with Crippen molar-refractivity contribution in [2.24, 2.45) is 0 Å². The highest BCUT2D eigenvalue weighted by atomic mass is 31.2. The first-order chi connectivity index (χ1) is 21.0. The van der Waals surface area contributed by atoms with Gasteiger partial charge < -0.3 is 38.5 Å². The predicted molar refractivity (Wildman–Crippen MR) is 177 cm³/mol. The van der Waals surface area contributed by atoms with Gasteiger partial charge in [-0.05, 0) is 64.2 Å². The van der Waals surface area contributed by atoms with Crippen molar-refractivity contribution < 1.29 is 43.3 Å². The molecule has 0 aromatic rings. The van der Waals surface area contributed by atoms with Crippen LogP contribution in [0.4, 0.5) is 0 Å². The Hall–Kier alpha value is -1.06. The quantitative estimate of drug-likeness (QED) is 0.0195. The van der Waals surface area contributed by atoms with Crippen LogP contribution in [0.2, 0.25) is 0 Å². The standard InChI is InChI=1S/C34H66NO8P/c1-5-7-8-9-10-11-12-13-14-15-16-17-18-19-20-21-22-23-24-26-34(39)42-29-31(36)30-43-44(40,41)32(25-6-2)35(3,4)28-27-33(37)38/h10-11,16-17,31-33,36-38H,5-9,12-15,18-30H2,1-4H3/b11-10-,17-16-/t31-,32?/m1/s1. The molecule has 0 rings (SSSR count). The molecule has 2 unspecified atom stereocenters. The van der Waals surface area contributed by atoms with Crippen molar-refractivity contribution in [2.45, 2.75) is 154 Å². The van der Waals surface area contributed by atoms with E-state index in [9.17, 15) is 29.6 Å². The second-order valence-electron chi connectivity index (χ2n) is 12.6. The molecule has 9 nitrogen and oxygen atoms in total. The van der Waals surface area contributed by atoms with Gasteiger partial charge in [-0.3, -0.25) is 4.79 Å². The van der Waals surface area contributed by atoms with Crippen molar-refractivity contribution in [3.8, 4) is 0 Å². The Kier molecular flexibility index (Phi) is 26.4. The second-order valence-corrected chi connectivity index (χ2v) is 14.5. The van der Waals surface area contributed by atoms with Gasteiger partial charge in [0.25, 0.3) is 0 Å². The smallest absolute Gasteiger partial charge is 0.305 e. The van der Waals surface area contributed by atoms with Gasteiger partial charge in [0.05, 0.1) is 27.2 Å². The molecule has 0 heterocycles. The number of unbranched alkanes of at least 4 members (excludes halogenated alkanes) is 12. The molecular formula is C34H66NO8P. The van der Waals surface area contributed by atoms with E-state index in [0.717, 1.165) is 32.1 Å². The van der Waals surface area contributed by atoms with Gasteiger partial charge in [0.2, 0.25) is 0 Å². The lowest BCUT2D eigenvalue weighted by atomic mass is 10.1. The summed E-state index contributed by atoms with van der Waals surface area (Å²) in [6.45, 7) is 3.51. The van der Waals surface area contributed by atoms with Crippen LogP contribution >= 0.6 is 7.60 Å². The summed E-state index contributed by atoms with van der Waals surface area (Å²) >= 11 is 0. The van der Waals surface area contributed by atoms with Gasteiger partial charge in [-0.15, -0.1) is 0 Å². The fourth-order valence-corrected chi connectivity index (χ4v) is 7.09. The lowest BCUT2D eigenvalue weighted by molar-refractivity contribution is -0.905. The summed E-state index contributed by atoms with van der Waals surface area (Å²) in [4.78, 5) is 24.9. The molecule has 0 radical (unpaired) electrons. The average molecular weight is 648 g/mol. The van der Waals surface area contributed by atoms with Gasteiger partial charge in [0.1, 0.15) is 12.7 Å². The molecule has 44 heavy (non-hydrogen) atoms. The zero-order valence-electron chi connectivity index (χ0n) is 28.4. The number of nitrogens with zero attached hydrogens (tertiary/aromatic N) is 1. The van der Waals surface area contributed by atoms with E-state index in [-0.39, 0.29) is 30.5 Å². The van der Waals surface area contributed by atoms with Gasteiger partial charge in [-0.1, -0.05) is 76.7 Å². The maximum absolute atomic E-state index is 12.9. The van der Waals surface area contributed by atoms with E-state index in [2.05, 4.69) is 31.2 Å². The van der Waals surface area contributed by atoms with E-state index in [1.165, 1.54) is 64.2 Å². The largest absolute Gasteiger partial charge is 0.774 e. The van der Waals surface area contributed by atoms with Gasteiger partial charge in [-0.2, -0.15) is 0 Å². The van der Waals surface area contributed by atoms with Gasteiger partial charge in [-0.25, -0.2) is 0 Å². The third-order valence-electron chi connectivity index (χ3n) is 7.87. The number of aliphatic hydroxyl groups excluding tert-OH is 2. The number of aliphatic hydroxyl groups is 3. The van der Waals surface area contributed by atoms with Crippen molar-refractivity contribution in [1.29, 1.82) is 0 Å². The highest BCUT2D eigenvalue weighted by Gasteiger charge is 2.38. The molecule has 0 fully saturated rings. The number of carbonyl (C=O) groups excluding carboxylic acids is 1. The van der Waals surface area contributed by atoms with E-state index in [1.54, 1.807) is 14.1 Å². The topological polar surface area (TPSA) is 136 Å². The molecule has 0 aromatic heterocycles. The van der Waals surface area contributed by atoms with E-state index in [0.29, 0.717) is 12.8 Å². The van der Waals surface area contributed by atoms with Crippen LogP contribution in [0, 0.1) is 0 Å². The number of carbonyl (C=O) groups is 1. The lowest BCUT2D eigenvalue weighted by Gasteiger charge is -2.44. The van der Waals surface area contributed by atoms with E-state index < -0.39 is 38.3 Å². The normalized spacial score (nSPS) is 15.3. The molecule has 260 valence electrons. The van der Waals surface area contributed by atoms with Gasteiger partial charge >= 0.3 is 5.97 Å². The number of rotatable bonds is 30. The fraction of sp³-hybridized carbons (Fsp3) is 0.853. The third-order valence-corrected chi connectivity index (χ3v) is 9.99. The highest BCUT2D eigenvalue weighted by molar-refractivity contribution is 7.51. The number of ether oxygens (including phenoxy) is 1. The molecule has 0 saturated carbocycles. The number of hydrogen-bond acceptors (Lipinski definition) is 8. The average Bonchev–Trinajstić information content (AvgIpc) is 2.97. The molecule has 0 aliphatic carbocycles. The van der Waals surface area contributed by atoms with E-state index in [4.69, 9.17) is 9.26 Å². The van der Waals surface area contributed by atoms with Crippen LogP contribution in [-0.4, -0.2) is 77.8 Å². The molecule has 0 amide bonds. The zero-order chi connectivity index (χ0) is 33.1. The van der Waals surface area contributed by atoms with Crippen molar-refractivity contribution in [2.75, 3.05) is 33.9 Å². The van der Waals surface area contributed by atoms with Crippen LogP contribution in [0.3, 0.4) is 0 Å². The minimum atomic E-state index is -4.40. The van der Waals surface area contributed by atoms with Crippen LogP contribution in [0.1, 0.15) is 136 Å². The molecule has 0 aliphatic rings. The van der Waals surface area contributed by atoms with Crippen LogP contribution in [-0.2, 0) is 18.6 Å². The number of esters is 1. The summed E-state index contributed by atoms with van der Waals surface area (Å²) in [6.07, 6.45) is 25.2. The fourth-order valence-electron chi connectivity index (χ4n) is 5.08. The van der Waals surface area contributed by atoms with Crippen LogP contribution in [0.5, 0.6) is 0 Å². The third kappa shape index (κ3) is 24.2. The minimum absolute atomic E-state index is 0.00608. The first kappa shape index (κ1) is 42.9. The Balaban J connectivity index is 3.91. The summed E-state index contributed by atoms with van der Waals surface area (Å²) in [5.41, 5.74) is 0. The van der Waals surface area contributed by atoms with Crippen LogP contribution in [0.25, 0.3) is 0 Å². The van der Waals surface area contributed by atoms with Gasteiger partial charge in [0.15, 0.2) is 19.7 Å². The Labute approximate surface area is 268 Å². The van der Waals surface area contributed by atoms with Crippen LogP contribution < -0.4 is 4.89 Å². The number of allylic oxidation sites excluding steroid dienone is 4. The Morgan fingerprint density at radius 3 is 1.77 bits per heavy atom. The van der Waals surface area contributed by atoms with E-state index in [1.807, 2.05) is 6.92 Å². The van der Waals surface area contributed by atoms with Crippen molar-refractivity contribution in [3.63, 3.8) is 0 Å². The molecular weight excluding hydrogens is 581 g/mol. The zero-order valence-corrected chi connectivity index (χ0v) is 29.3. The molecule has 0 aliphatic heterocycles. The summed E-state index contributed by atoms with van der Waals surface area (Å²) in [5, 5.41) is 28.5. The molecule has 0 saturated heterocycles. The summed E-state index contributed by atoms with van der Waals surface area (Å²) in [7, 11) is -1.00. The summed E-state index contributed by atoms with van der Waals surface area (Å²) < 4.78 is 23.2. The lowest BCUT2D eigenvalue weighted by Crippen LogP contribution is -2.51. The molecule has 0 spiro atoms. The minimum Gasteiger partial charge on any atom is -0.774 e. The summed E-state index contributed by atoms with van der Waals surface area (Å²) in [5.74, 6) is -1.31. The summed E-state index contributed by atoms with van der Waals surface area (Å²) in [6, 6.07) is 0. The first-order valence-corrected chi connectivity index (χ1v) is 18.8. The monoisotopic (exact) mass is 647 g/mol. The SMILES string of the molecule is CCCCC/C=C\CCCC/C=C\CCCCCCCCC(=O)OC[C@@H](O)COP(=O)([O-])C(CCC)[N+](C)(C)CCC(O)O. The van der Waals surface area contributed by atoms with Crippen molar-refractivity contribution in [3.05, 3.63) is 24.3 Å². The Bertz CT molecular complexity index is 802. The first-order valence-electron chi connectivity index (χ1n) is 17.2. The molecule has 0 bridgehead atoms. The van der Waals surface area contributed by atoms with Crippen molar-refractivity contribution in [1.82, 2.24) is 0 Å². The molecule has 0 aromatic carbocycles. The van der Waals surface area contributed by atoms with E-state index >= 15 is 0 Å². The van der Waals surface area contributed by atoms with Gasteiger partial charge in [0, 0.05) is 19.3 Å². The number of quaternary nitrogens is 1. The Morgan fingerprint density at radius 1 is 0.750 bits per heavy atom. The van der Waals surface area contributed by atoms with Crippen LogP contribution in [0.15, 0.2) is 24.3 Å². The second kappa shape index (κ2) is 27.1. The number of hydrogen-bond donors (Lipinski definition) is 3. The molecule has 3 atom stereocenters. The Morgan fingerprint density at radius 2 is 1.25 bits per heavy atom. The maximum Gasteiger partial charge on any atom is 0.305 e. The molecule has 10 heteroatoms. The highest BCUT2D eigenvalue weighted by Crippen LogP contribution is 2.48.